The SMILES string of the molecule is CCCCCCOC(=N)c1ccc(NCc2nc3cc(C(=O)N(CCC(=O)OCC)c4ccccn4)ccc3n2C)cc1.NC=O. The maximum atomic E-state index is 13.6. The number of hydrogen-bond donors (Lipinski definition) is 3. The minimum absolute atomic E-state index is 0.0615. The number of aryl methyl sites for hydroxylation is 1. The van der Waals surface area contributed by atoms with Crippen molar-refractivity contribution in [2.75, 3.05) is 30.0 Å². The van der Waals surface area contributed by atoms with E-state index in [2.05, 4.69) is 23.0 Å². The molecule has 0 aliphatic rings. The van der Waals surface area contributed by atoms with Crippen LogP contribution in [0, 0.1) is 5.41 Å². The number of carbonyl (C=O) groups excluding carboxylic acids is 3. The van der Waals surface area contributed by atoms with Crippen LogP contribution in [-0.2, 0) is 32.7 Å². The summed E-state index contributed by atoms with van der Waals surface area (Å²) in [5.74, 6) is 0.808. The zero-order valence-electron chi connectivity index (χ0n) is 26.7. The number of nitrogens with one attached hydrogen (secondary N) is 2. The third-order valence-electron chi connectivity index (χ3n) is 7.08. The lowest BCUT2D eigenvalue weighted by Gasteiger charge is -2.21. The number of nitrogens with zero attached hydrogens (tertiary/aromatic N) is 4. The quantitative estimate of drug-likeness (QED) is 0.0530. The Morgan fingerprint density at radius 3 is 2.43 bits per heavy atom. The van der Waals surface area contributed by atoms with E-state index in [0.29, 0.717) is 30.0 Å². The Morgan fingerprint density at radius 1 is 1.02 bits per heavy atom. The molecule has 2 amide bonds. The fourth-order valence-corrected chi connectivity index (χ4v) is 4.67. The number of carbonyl (C=O) groups is 3. The van der Waals surface area contributed by atoms with Gasteiger partial charge in [0, 0.05) is 36.6 Å². The summed E-state index contributed by atoms with van der Waals surface area (Å²) in [5, 5.41) is 11.6. The number of unbranched alkanes of at least 4 members (excludes halogenated alkanes) is 3. The van der Waals surface area contributed by atoms with E-state index in [1.54, 1.807) is 43.5 Å². The number of hydrogen-bond acceptors (Lipinski definition) is 9. The van der Waals surface area contributed by atoms with E-state index >= 15 is 0 Å². The lowest BCUT2D eigenvalue weighted by molar-refractivity contribution is -0.142. The summed E-state index contributed by atoms with van der Waals surface area (Å²) in [7, 11) is 1.94. The summed E-state index contributed by atoms with van der Waals surface area (Å²) in [5.41, 5.74) is 7.84. The molecule has 4 rings (SSSR count). The molecule has 0 aliphatic heterocycles. The molecule has 0 saturated heterocycles. The predicted octanol–water partition coefficient (Wildman–Crippen LogP) is 5.20. The predicted molar refractivity (Wildman–Crippen MR) is 179 cm³/mol. The van der Waals surface area contributed by atoms with Crippen LogP contribution in [0.1, 0.15) is 67.7 Å². The molecule has 4 aromatic rings. The molecule has 0 unspecified atom stereocenters. The van der Waals surface area contributed by atoms with Crippen LogP contribution in [0.15, 0.2) is 66.9 Å². The van der Waals surface area contributed by atoms with Crippen molar-refractivity contribution in [1.82, 2.24) is 14.5 Å². The zero-order valence-corrected chi connectivity index (χ0v) is 26.7. The monoisotopic (exact) mass is 629 g/mol. The van der Waals surface area contributed by atoms with Crippen LogP contribution >= 0.6 is 0 Å². The number of pyridine rings is 1. The van der Waals surface area contributed by atoms with Gasteiger partial charge in [0.1, 0.15) is 11.6 Å². The zero-order chi connectivity index (χ0) is 33.3. The molecule has 0 atom stereocenters. The Kier molecular flexibility index (Phi) is 14.2. The van der Waals surface area contributed by atoms with Crippen LogP contribution in [0.4, 0.5) is 11.5 Å². The van der Waals surface area contributed by atoms with E-state index in [9.17, 15) is 9.59 Å². The Hall–Kier alpha value is -5.26. The first-order valence-electron chi connectivity index (χ1n) is 15.4. The highest BCUT2D eigenvalue weighted by atomic mass is 16.5. The summed E-state index contributed by atoms with van der Waals surface area (Å²) in [4.78, 5) is 44.8. The van der Waals surface area contributed by atoms with Gasteiger partial charge in [0.05, 0.1) is 37.2 Å². The molecular weight excluding hydrogens is 586 g/mol. The van der Waals surface area contributed by atoms with Crippen molar-refractivity contribution in [1.29, 1.82) is 5.41 Å². The van der Waals surface area contributed by atoms with E-state index in [4.69, 9.17) is 24.7 Å². The van der Waals surface area contributed by atoms with Crippen LogP contribution in [0.2, 0.25) is 0 Å². The largest absolute Gasteiger partial charge is 0.478 e. The lowest BCUT2D eigenvalue weighted by atomic mass is 10.1. The molecule has 0 spiro atoms. The normalized spacial score (nSPS) is 10.4. The Morgan fingerprint density at radius 2 is 1.76 bits per heavy atom. The Labute approximate surface area is 269 Å². The summed E-state index contributed by atoms with van der Waals surface area (Å²) < 4.78 is 12.6. The smallest absolute Gasteiger partial charge is 0.307 e. The summed E-state index contributed by atoms with van der Waals surface area (Å²) >= 11 is 0. The maximum Gasteiger partial charge on any atom is 0.307 e. The van der Waals surface area contributed by atoms with Gasteiger partial charge >= 0.3 is 5.97 Å². The van der Waals surface area contributed by atoms with E-state index in [1.165, 1.54) is 17.7 Å². The highest BCUT2D eigenvalue weighted by molar-refractivity contribution is 6.07. The molecule has 0 fully saturated rings. The average Bonchev–Trinajstić information content (AvgIpc) is 3.39. The topological polar surface area (TPSA) is 166 Å². The molecule has 12 nitrogen and oxygen atoms in total. The molecule has 244 valence electrons. The van der Waals surface area contributed by atoms with Crippen LogP contribution in [-0.4, -0.2) is 58.5 Å². The van der Waals surface area contributed by atoms with E-state index in [-0.39, 0.29) is 43.8 Å². The van der Waals surface area contributed by atoms with Gasteiger partial charge in [-0.1, -0.05) is 32.3 Å². The third-order valence-corrected chi connectivity index (χ3v) is 7.08. The molecule has 0 saturated carbocycles. The maximum absolute atomic E-state index is 13.6. The van der Waals surface area contributed by atoms with Crippen molar-refractivity contribution in [3.05, 3.63) is 83.8 Å². The number of anilines is 2. The first-order chi connectivity index (χ1) is 22.3. The van der Waals surface area contributed by atoms with E-state index < -0.39 is 0 Å². The Bertz CT molecular complexity index is 1570. The number of amides is 2. The van der Waals surface area contributed by atoms with Crippen LogP contribution < -0.4 is 16.0 Å². The van der Waals surface area contributed by atoms with Gasteiger partial charge in [0.15, 0.2) is 0 Å². The second kappa shape index (κ2) is 18.5. The second-order valence-corrected chi connectivity index (χ2v) is 10.3. The van der Waals surface area contributed by atoms with Gasteiger partial charge < -0.3 is 25.1 Å². The van der Waals surface area contributed by atoms with Crippen LogP contribution in [0.3, 0.4) is 0 Å². The molecule has 0 aliphatic carbocycles. The number of benzene rings is 2. The fraction of sp³-hybridized carbons (Fsp3) is 0.353. The summed E-state index contributed by atoms with van der Waals surface area (Å²) in [6, 6.07) is 18.3. The third kappa shape index (κ3) is 10.1. The Balaban J connectivity index is 0.00000185. The van der Waals surface area contributed by atoms with E-state index in [1.807, 2.05) is 41.9 Å². The number of imidazole rings is 1. The first-order valence-corrected chi connectivity index (χ1v) is 15.4. The van der Waals surface area contributed by atoms with Gasteiger partial charge in [-0.2, -0.15) is 0 Å². The number of nitrogens with two attached hydrogens (primary N) is 1. The molecule has 2 heterocycles. The van der Waals surface area contributed by atoms with Gasteiger partial charge in [0.2, 0.25) is 12.3 Å². The molecule has 12 heteroatoms. The van der Waals surface area contributed by atoms with Crippen molar-refractivity contribution >= 4 is 46.7 Å². The van der Waals surface area contributed by atoms with Crippen molar-refractivity contribution in [3.8, 4) is 0 Å². The second-order valence-electron chi connectivity index (χ2n) is 10.3. The van der Waals surface area contributed by atoms with Crippen molar-refractivity contribution in [3.63, 3.8) is 0 Å². The van der Waals surface area contributed by atoms with Gasteiger partial charge in [-0.25, -0.2) is 9.97 Å². The molecule has 0 radical (unpaired) electrons. The summed E-state index contributed by atoms with van der Waals surface area (Å²) in [6.45, 7) is 5.39. The number of esters is 1. The van der Waals surface area contributed by atoms with Crippen molar-refractivity contribution in [2.24, 2.45) is 12.8 Å². The standard InChI is InChI=1S/C33H40N6O4.CH3NO/c1-4-6-7-10-21-43-32(34)24-12-15-26(16-13-24)36-23-30-37-27-22-25(14-17-28(27)38(30)3)33(41)39(20-18-31(40)42-5-2)29-11-8-9-19-35-29;2-1-3/h8-9,11-17,19,22,34,36H,4-7,10,18,20-21,23H2,1-3H3;1H,(H2,2,3). The number of ether oxygens (including phenoxy) is 2. The number of rotatable bonds is 15. The molecular formula is C34H43N7O5. The number of fused-ring (bicyclic) bond motifs is 1. The van der Waals surface area contributed by atoms with Crippen LogP contribution in [0.25, 0.3) is 11.0 Å². The minimum atomic E-state index is -0.368. The van der Waals surface area contributed by atoms with Gasteiger partial charge in [-0.15, -0.1) is 0 Å². The molecule has 46 heavy (non-hydrogen) atoms. The van der Waals surface area contributed by atoms with Crippen molar-refractivity contribution < 1.29 is 23.9 Å². The highest BCUT2D eigenvalue weighted by Gasteiger charge is 2.21. The first kappa shape index (κ1) is 35.2. The average molecular weight is 630 g/mol. The van der Waals surface area contributed by atoms with Crippen LogP contribution in [0.5, 0.6) is 0 Å². The van der Waals surface area contributed by atoms with Gasteiger partial charge in [-0.05, 0) is 67.9 Å². The van der Waals surface area contributed by atoms with Gasteiger partial charge in [-0.3, -0.25) is 24.7 Å². The minimum Gasteiger partial charge on any atom is -0.478 e. The molecule has 2 aromatic heterocycles. The molecule has 2 aromatic carbocycles. The fourth-order valence-electron chi connectivity index (χ4n) is 4.67. The number of primary amides is 1. The van der Waals surface area contributed by atoms with E-state index in [0.717, 1.165) is 35.4 Å². The van der Waals surface area contributed by atoms with Crippen molar-refractivity contribution in [2.45, 2.75) is 52.5 Å². The van der Waals surface area contributed by atoms with Gasteiger partial charge in [0.25, 0.3) is 5.91 Å². The molecule has 4 N–H and O–H groups in total. The highest BCUT2D eigenvalue weighted by Crippen LogP contribution is 2.21. The summed E-state index contributed by atoms with van der Waals surface area (Å²) in [6.07, 6.45) is 6.36. The lowest BCUT2D eigenvalue weighted by Crippen LogP contribution is -2.34. The number of aromatic nitrogens is 3. The molecule has 0 bridgehead atoms.